The van der Waals surface area contributed by atoms with Crippen molar-refractivity contribution in [3.05, 3.63) is 63.7 Å². The summed E-state index contributed by atoms with van der Waals surface area (Å²) in [5, 5.41) is 0.652. The molecule has 2 atom stereocenters. The van der Waals surface area contributed by atoms with Crippen LogP contribution in [0.2, 0.25) is 5.02 Å². The SMILES string of the molecule is Cc1c(OCCC2CCCN2C)ccc([C@H](C)N2CCN(C(=O)c3ccc(Cl)cc3)CC2)c1C. The number of halogens is 1. The molecular formula is C28H38ClN3O2. The lowest BCUT2D eigenvalue weighted by Crippen LogP contribution is -2.49. The van der Waals surface area contributed by atoms with E-state index in [-0.39, 0.29) is 5.91 Å². The van der Waals surface area contributed by atoms with Crippen LogP contribution in [0.15, 0.2) is 36.4 Å². The highest BCUT2D eigenvalue weighted by atomic mass is 35.5. The van der Waals surface area contributed by atoms with Crippen LogP contribution < -0.4 is 4.74 Å². The van der Waals surface area contributed by atoms with E-state index in [2.05, 4.69) is 49.8 Å². The van der Waals surface area contributed by atoms with Gasteiger partial charge in [-0.15, -0.1) is 0 Å². The maximum atomic E-state index is 12.8. The Balaban J connectivity index is 1.33. The van der Waals surface area contributed by atoms with Gasteiger partial charge in [-0.2, -0.15) is 0 Å². The third-order valence-electron chi connectivity index (χ3n) is 7.85. The summed E-state index contributed by atoms with van der Waals surface area (Å²) in [5.74, 6) is 1.09. The molecule has 2 aromatic carbocycles. The predicted octanol–water partition coefficient (Wildman–Crippen LogP) is 5.34. The van der Waals surface area contributed by atoms with Crippen molar-refractivity contribution in [2.75, 3.05) is 46.4 Å². The molecule has 184 valence electrons. The molecule has 2 fully saturated rings. The Bertz CT molecular complexity index is 986. The van der Waals surface area contributed by atoms with Crippen LogP contribution in [-0.2, 0) is 0 Å². The molecule has 6 heteroatoms. The molecule has 0 radical (unpaired) electrons. The molecule has 0 N–H and O–H groups in total. The summed E-state index contributed by atoms with van der Waals surface area (Å²) in [7, 11) is 2.22. The molecule has 0 saturated carbocycles. The summed E-state index contributed by atoms with van der Waals surface area (Å²) < 4.78 is 6.21. The first kappa shape index (κ1) is 25.0. The van der Waals surface area contributed by atoms with Crippen LogP contribution in [0.4, 0.5) is 0 Å². The molecule has 2 saturated heterocycles. The van der Waals surface area contributed by atoms with Crippen molar-refractivity contribution in [2.45, 2.75) is 52.1 Å². The fourth-order valence-electron chi connectivity index (χ4n) is 5.36. The zero-order valence-electron chi connectivity index (χ0n) is 21.0. The molecule has 2 aromatic rings. The minimum atomic E-state index is 0.0845. The van der Waals surface area contributed by atoms with Crippen LogP contribution in [-0.4, -0.2) is 73.0 Å². The second-order valence-electron chi connectivity index (χ2n) is 9.83. The fourth-order valence-corrected chi connectivity index (χ4v) is 5.48. The third kappa shape index (κ3) is 5.59. The number of amides is 1. The number of hydrogen-bond donors (Lipinski definition) is 0. The van der Waals surface area contributed by atoms with E-state index in [0.29, 0.717) is 22.7 Å². The lowest BCUT2D eigenvalue weighted by Gasteiger charge is -2.39. The van der Waals surface area contributed by atoms with Gasteiger partial charge in [0, 0.05) is 48.8 Å². The smallest absolute Gasteiger partial charge is 0.253 e. The number of ether oxygens (including phenoxy) is 1. The van der Waals surface area contributed by atoms with Gasteiger partial charge in [0.1, 0.15) is 5.75 Å². The largest absolute Gasteiger partial charge is 0.493 e. The molecule has 2 aliphatic heterocycles. The predicted molar refractivity (Wildman–Crippen MR) is 139 cm³/mol. The molecular weight excluding hydrogens is 446 g/mol. The summed E-state index contributed by atoms with van der Waals surface area (Å²) in [6.45, 7) is 11.8. The summed E-state index contributed by atoms with van der Waals surface area (Å²) >= 11 is 5.96. The van der Waals surface area contributed by atoms with Crippen molar-refractivity contribution in [1.29, 1.82) is 0 Å². The Hall–Kier alpha value is -2.08. The van der Waals surface area contributed by atoms with E-state index in [1.54, 1.807) is 24.3 Å². The molecule has 2 aliphatic rings. The Kier molecular flexibility index (Phi) is 8.18. The molecule has 34 heavy (non-hydrogen) atoms. The van der Waals surface area contributed by atoms with Gasteiger partial charge in [0.15, 0.2) is 0 Å². The van der Waals surface area contributed by atoms with E-state index < -0.39 is 0 Å². The maximum Gasteiger partial charge on any atom is 0.253 e. The van der Waals surface area contributed by atoms with Gasteiger partial charge >= 0.3 is 0 Å². The topological polar surface area (TPSA) is 36.0 Å². The highest BCUT2D eigenvalue weighted by molar-refractivity contribution is 6.30. The van der Waals surface area contributed by atoms with E-state index in [1.165, 1.54) is 36.1 Å². The standard InChI is InChI=1S/C28H38ClN3O2/c1-20-21(2)27(34-19-13-25-6-5-14-30(25)4)12-11-26(20)22(3)31-15-17-32(18-16-31)28(33)23-7-9-24(29)10-8-23/h7-12,22,25H,5-6,13-19H2,1-4H3/t22-,25?/m0/s1. The number of benzene rings is 2. The minimum absolute atomic E-state index is 0.0845. The molecule has 0 aromatic heterocycles. The monoisotopic (exact) mass is 483 g/mol. The first-order valence-corrected chi connectivity index (χ1v) is 12.9. The van der Waals surface area contributed by atoms with Gasteiger partial charge in [-0.05, 0) is 101 Å². The second-order valence-corrected chi connectivity index (χ2v) is 10.3. The molecule has 5 nitrogen and oxygen atoms in total. The zero-order valence-corrected chi connectivity index (χ0v) is 21.8. The molecule has 4 rings (SSSR count). The fraction of sp³-hybridized carbons (Fsp3) is 0.536. The summed E-state index contributed by atoms with van der Waals surface area (Å²) in [4.78, 5) is 19.7. The van der Waals surface area contributed by atoms with Gasteiger partial charge in [0.2, 0.25) is 0 Å². The number of rotatable bonds is 7. The van der Waals surface area contributed by atoms with Crippen molar-refractivity contribution in [2.24, 2.45) is 0 Å². The van der Waals surface area contributed by atoms with Crippen LogP contribution in [0.25, 0.3) is 0 Å². The van der Waals surface area contributed by atoms with E-state index >= 15 is 0 Å². The highest BCUT2D eigenvalue weighted by Crippen LogP contribution is 2.31. The van der Waals surface area contributed by atoms with Gasteiger partial charge in [-0.25, -0.2) is 0 Å². The minimum Gasteiger partial charge on any atom is -0.493 e. The third-order valence-corrected chi connectivity index (χ3v) is 8.10. The van der Waals surface area contributed by atoms with Crippen molar-refractivity contribution < 1.29 is 9.53 Å². The zero-order chi connectivity index (χ0) is 24.2. The van der Waals surface area contributed by atoms with E-state index in [4.69, 9.17) is 16.3 Å². The molecule has 0 aliphatic carbocycles. The average Bonchev–Trinajstić information content (AvgIpc) is 3.26. The second kappa shape index (κ2) is 11.1. The maximum absolute atomic E-state index is 12.8. The summed E-state index contributed by atoms with van der Waals surface area (Å²) in [6.07, 6.45) is 3.68. The molecule has 0 spiro atoms. The van der Waals surface area contributed by atoms with Crippen LogP contribution in [0.5, 0.6) is 5.75 Å². The summed E-state index contributed by atoms with van der Waals surface area (Å²) in [5.41, 5.74) is 4.59. The number of carbonyl (C=O) groups is 1. The van der Waals surface area contributed by atoms with Gasteiger partial charge in [-0.3, -0.25) is 9.69 Å². The first-order valence-electron chi connectivity index (χ1n) is 12.6. The normalized spacial score (nSPS) is 20.5. The van der Waals surface area contributed by atoms with Crippen LogP contribution >= 0.6 is 11.6 Å². The van der Waals surface area contributed by atoms with Crippen LogP contribution in [0.3, 0.4) is 0 Å². The van der Waals surface area contributed by atoms with Gasteiger partial charge < -0.3 is 14.5 Å². The Morgan fingerprint density at radius 1 is 1.03 bits per heavy atom. The van der Waals surface area contributed by atoms with Gasteiger partial charge in [-0.1, -0.05) is 17.7 Å². The lowest BCUT2D eigenvalue weighted by molar-refractivity contribution is 0.0581. The van der Waals surface area contributed by atoms with Crippen molar-refractivity contribution >= 4 is 17.5 Å². The Labute approximate surface area is 209 Å². The summed E-state index contributed by atoms with van der Waals surface area (Å²) in [6, 6.07) is 12.5. The van der Waals surface area contributed by atoms with Crippen LogP contribution in [0, 0.1) is 13.8 Å². The Morgan fingerprint density at radius 2 is 1.74 bits per heavy atom. The number of hydrogen-bond acceptors (Lipinski definition) is 4. The molecule has 2 heterocycles. The molecule has 1 amide bonds. The molecule has 1 unspecified atom stereocenters. The van der Waals surface area contributed by atoms with Gasteiger partial charge in [0.05, 0.1) is 6.61 Å². The number of likely N-dealkylation sites (tertiary alicyclic amines) is 1. The highest BCUT2D eigenvalue weighted by Gasteiger charge is 2.27. The van der Waals surface area contributed by atoms with E-state index in [9.17, 15) is 4.79 Å². The van der Waals surface area contributed by atoms with E-state index in [1.807, 2.05) is 4.90 Å². The quantitative estimate of drug-likeness (QED) is 0.532. The van der Waals surface area contributed by atoms with Crippen LogP contribution in [0.1, 0.15) is 59.3 Å². The van der Waals surface area contributed by atoms with Crippen molar-refractivity contribution in [1.82, 2.24) is 14.7 Å². The first-order chi connectivity index (χ1) is 16.3. The van der Waals surface area contributed by atoms with E-state index in [0.717, 1.165) is 45.0 Å². The number of nitrogens with zero attached hydrogens (tertiary/aromatic N) is 3. The lowest BCUT2D eigenvalue weighted by atomic mass is 9.96. The molecule has 0 bridgehead atoms. The van der Waals surface area contributed by atoms with Gasteiger partial charge in [0.25, 0.3) is 5.91 Å². The number of carbonyl (C=O) groups excluding carboxylic acids is 1. The van der Waals surface area contributed by atoms with Crippen molar-refractivity contribution in [3.63, 3.8) is 0 Å². The average molecular weight is 484 g/mol. The van der Waals surface area contributed by atoms with Crippen molar-refractivity contribution in [3.8, 4) is 5.75 Å². The number of piperazine rings is 1. The Morgan fingerprint density at radius 3 is 2.38 bits per heavy atom.